The van der Waals surface area contributed by atoms with E-state index in [1.807, 2.05) is 41.5 Å². The molecule has 0 saturated heterocycles. The van der Waals surface area contributed by atoms with E-state index in [-0.39, 0.29) is 6.04 Å². The minimum Gasteiger partial charge on any atom is -0.313 e. The minimum absolute atomic E-state index is 0.233. The Morgan fingerprint density at radius 1 is 0.960 bits per heavy atom. The van der Waals surface area contributed by atoms with Crippen molar-refractivity contribution in [2.45, 2.75) is 12.5 Å². The maximum atomic E-state index is 4.93. The lowest BCUT2D eigenvalue weighted by Crippen LogP contribution is -2.31. The molecule has 0 unspecified atom stereocenters. The third kappa shape index (κ3) is 2.45. The number of fused-ring (bicyclic) bond motifs is 3. The van der Waals surface area contributed by atoms with Crippen LogP contribution in [-0.2, 0) is 6.42 Å². The third-order valence-electron chi connectivity index (χ3n) is 4.61. The number of aliphatic imine (C=N–C) groups is 2. The Balaban J connectivity index is 1.48. The molecule has 0 N–H and O–H groups in total. The van der Waals surface area contributed by atoms with Crippen molar-refractivity contribution in [2.24, 2.45) is 9.98 Å². The standard InChI is InChI=1S/C20H17N5/c1-3-7-15(8-4-1)11-16-12-24-13-22-19-18(20(24)23-16)21-14-25(19)17-9-5-2-6-10-17/h1-10,13-14,16H,11-12H2/t16-/m1/s1. The Kier molecular flexibility index (Phi) is 3.23. The van der Waals surface area contributed by atoms with E-state index >= 15 is 0 Å². The highest BCUT2D eigenvalue weighted by molar-refractivity contribution is 6.10. The van der Waals surface area contributed by atoms with Crippen LogP contribution >= 0.6 is 0 Å². The Morgan fingerprint density at radius 3 is 2.52 bits per heavy atom. The Bertz CT molecular complexity index is 956. The van der Waals surface area contributed by atoms with Gasteiger partial charge in [-0.05, 0) is 24.1 Å². The first-order chi connectivity index (χ1) is 12.4. The maximum absolute atomic E-state index is 4.93. The van der Waals surface area contributed by atoms with E-state index in [2.05, 4.69) is 51.3 Å². The quantitative estimate of drug-likeness (QED) is 0.741. The SMILES string of the molecule is C1=Nc2c(ncn2-c2ccccc2)C2=N[C@H](Cc3ccccc3)CN12. The first-order valence-corrected chi connectivity index (χ1v) is 8.44. The van der Waals surface area contributed by atoms with E-state index in [0.29, 0.717) is 0 Å². The highest BCUT2D eigenvalue weighted by atomic mass is 15.3. The summed E-state index contributed by atoms with van der Waals surface area (Å²) in [4.78, 5) is 16.3. The van der Waals surface area contributed by atoms with Crippen molar-refractivity contribution in [3.05, 3.63) is 78.2 Å². The Hall–Kier alpha value is -3.21. The zero-order chi connectivity index (χ0) is 16.6. The summed E-state index contributed by atoms with van der Waals surface area (Å²) in [5.74, 6) is 1.78. The van der Waals surface area contributed by atoms with Gasteiger partial charge in [-0.15, -0.1) is 0 Å². The van der Waals surface area contributed by atoms with Crippen LogP contribution in [0.2, 0.25) is 0 Å². The molecule has 0 aliphatic carbocycles. The summed E-state index contributed by atoms with van der Waals surface area (Å²) < 4.78 is 2.01. The van der Waals surface area contributed by atoms with Gasteiger partial charge in [0, 0.05) is 12.2 Å². The fraction of sp³-hybridized carbons (Fsp3) is 0.150. The molecule has 0 spiro atoms. The molecule has 0 amide bonds. The highest BCUT2D eigenvalue weighted by Gasteiger charge is 2.32. The lowest BCUT2D eigenvalue weighted by atomic mass is 10.1. The molecule has 0 fully saturated rings. The minimum atomic E-state index is 0.233. The van der Waals surface area contributed by atoms with Gasteiger partial charge in [-0.25, -0.2) is 9.98 Å². The smallest absolute Gasteiger partial charge is 0.169 e. The van der Waals surface area contributed by atoms with E-state index in [1.54, 1.807) is 0 Å². The number of nitrogens with zero attached hydrogens (tertiary/aromatic N) is 5. The van der Waals surface area contributed by atoms with Gasteiger partial charge in [0.1, 0.15) is 6.33 Å². The molecule has 1 aromatic heterocycles. The number of benzene rings is 2. The average molecular weight is 327 g/mol. The predicted molar refractivity (Wildman–Crippen MR) is 98.9 cm³/mol. The molecule has 2 aliphatic rings. The van der Waals surface area contributed by atoms with Crippen molar-refractivity contribution >= 4 is 18.0 Å². The molecule has 25 heavy (non-hydrogen) atoms. The van der Waals surface area contributed by atoms with Gasteiger partial charge in [-0.1, -0.05) is 48.5 Å². The molecule has 0 saturated carbocycles. The number of hydrogen-bond acceptors (Lipinski definition) is 4. The number of amidine groups is 1. The molecule has 2 aromatic carbocycles. The highest BCUT2D eigenvalue weighted by Crippen LogP contribution is 2.30. The van der Waals surface area contributed by atoms with E-state index in [9.17, 15) is 0 Å². The summed E-state index contributed by atoms with van der Waals surface area (Å²) in [5, 5.41) is 0. The molecular formula is C20H17N5. The molecule has 5 heteroatoms. The lowest BCUT2D eigenvalue weighted by Gasteiger charge is -2.18. The zero-order valence-corrected chi connectivity index (χ0v) is 13.7. The fourth-order valence-corrected chi connectivity index (χ4v) is 3.42. The maximum Gasteiger partial charge on any atom is 0.169 e. The van der Waals surface area contributed by atoms with Gasteiger partial charge in [0.25, 0.3) is 0 Å². The van der Waals surface area contributed by atoms with Crippen LogP contribution in [-0.4, -0.2) is 39.2 Å². The number of aromatic nitrogens is 2. The van der Waals surface area contributed by atoms with E-state index < -0.39 is 0 Å². The topological polar surface area (TPSA) is 45.8 Å². The Labute approximate surface area is 146 Å². The molecule has 0 bridgehead atoms. The molecule has 0 radical (unpaired) electrons. The number of hydrogen-bond donors (Lipinski definition) is 0. The van der Waals surface area contributed by atoms with Crippen LogP contribution in [0.1, 0.15) is 11.3 Å². The normalized spacial score (nSPS) is 18.0. The van der Waals surface area contributed by atoms with Crippen LogP contribution in [0, 0.1) is 0 Å². The number of para-hydroxylation sites is 1. The first-order valence-electron chi connectivity index (χ1n) is 8.44. The van der Waals surface area contributed by atoms with Crippen LogP contribution in [0.4, 0.5) is 5.82 Å². The van der Waals surface area contributed by atoms with Crippen LogP contribution in [0.15, 0.2) is 77.0 Å². The van der Waals surface area contributed by atoms with Gasteiger partial charge >= 0.3 is 0 Å². The number of imidazole rings is 1. The van der Waals surface area contributed by atoms with Crippen molar-refractivity contribution in [1.29, 1.82) is 0 Å². The van der Waals surface area contributed by atoms with Crippen LogP contribution in [0.3, 0.4) is 0 Å². The molecule has 122 valence electrons. The molecule has 3 heterocycles. The van der Waals surface area contributed by atoms with E-state index in [4.69, 9.17) is 4.99 Å². The van der Waals surface area contributed by atoms with Gasteiger partial charge in [-0.3, -0.25) is 9.56 Å². The second-order valence-corrected chi connectivity index (χ2v) is 6.32. The number of rotatable bonds is 3. The van der Waals surface area contributed by atoms with E-state index in [1.165, 1.54) is 5.56 Å². The van der Waals surface area contributed by atoms with Gasteiger partial charge in [0.15, 0.2) is 17.3 Å². The molecule has 3 aromatic rings. The second kappa shape index (κ2) is 5.70. The monoisotopic (exact) mass is 327 g/mol. The van der Waals surface area contributed by atoms with Crippen LogP contribution in [0.25, 0.3) is 5.69 Å². The van der Waals surface area contributed by atoms with Crippen LogP contribution < -0.4 is 0 Å². The molecule has 5 nitrogen and oxygen atoms in total. The summed E-state index contributed by atoms with van der Waals surface area (Å²) in [6.07, 6.45) is 4.64. The van der Waals surface area contributed by atoms with Crippen molar-refractivity contribution < 1.29 is 0 Å². The lowest BCUT2D eigenvalue weighted by molar-refractivity contribution is 0.577. The third-order valence-corrected chi connectivity index (χ3v) is 4.61. The molecule has 5 rings (SSSR count). The van der Waals surface area contributed by atoms with Gasteiger partial charge in [0.2, 0.25) is 0 Å². The zero-order valence-electron chi connectivity index (χ0n) is 13.7. The van der Waals surface area contributed by atoms with Crippen molar-refractivity contribution in [2.75, 3.05) is 6.54 Å². The van der Waals surface area contributed by atoms with Crippen molar-refractivity contribution in [3.8, 4) is 5.69 Å². The average Bonchev–Trinajstić information content (AvgIpc) is 3.26. The molecule has 2 aliphatic heterocycles. The van der Waals surface area contributed by atoms with Gasteiger partial charge < -0.3 is 4.90 Å². The first kappa shape index (κ1) is 14.2. The fourth-order valence-electron chi connectivity index (χ4n) is 3.42. The second-order valence-electron chi connectivity index (χ2n) is 6.32. The summed E-state index contributed by atoms with van der Waals surface area (Å²) in [6.45, 7) is 0.853. The predicted octanol–water partition coefficient (Wildman–Crippen LogP) is 3.22. The van der Waals surface area contributed by atoms with Gasteiger partial charge in [-0.2, -0.15) is 0 Å². The van der Waals surface area contributed by atoms with Crippen molar-refractivity contribution in [3.63, 3.8) is 0 Å². The van der Waals surface area contributed by atoms with E-state index in [0.717, 1.165) is 36.0 Å². The summed E-state index contributed by atoms with van der Waals surface area (Å²) >= 11 is 0. The summed E-state index contributed by atoms with van der Waals surface area (Å²) in [5.41, 5.74) is 3.23. The molecule has 1 atom stereocenters. The summed E-state index contributed by atoms with van der Waals surface area (Å²) in [7, 11) is 0. The Morgan fingerprint density at radius 2 is 1.72 bits per heavy atom. The van der Waals surface area contributed by atoms with Gasteiger partial charge in [0.05, 0.1) is 12.4 Å². The molecular weight excluding hydrogens is 310 g/mol. The van der Waals surface area contributed by atoms with Crippen molar-refractivity contribution in [1.82, 2.24) is 14.5 Å². The summed E-state index contributed by atoms with van der Waals surface area (Å²) in [6, 6.07) is 20.9. The largest absolute Gasteiger partial charge is 0.313 e. The van der Waals surface area contributed by atoms with Crippen LogP contribution in [0.5, 0.6) is 0 Å².